The number of carbonyl (C=O) groups is 4. The Hall–Kier alpha value is -5.39. The Bertz CT molecular complexity index is 1490. The summed E-state index contributed by atoms with van der Waals surface area (Å²) >= 11 is 0. The second kappa shape index (κ2) is 15.4. The summed E-state index contributed by atoms with van der Waals surface area (Å²) in [5, 5.41) is 0. The van der Waals surface area contributed by atoms with Crippen molar-refractivity contribution in [3.8, 4) is 11.5 Å². The quantitative estimate of drug-likeness (QED) is 0.133. The highest BCUT2D eigenvalue weighted by Crippen LogP contribution is 2.20. The van der Waals surface area contributed by atoms with Gasteiger partial charge in [0.05, 0.1) is 12.8 Å². The molecule has 0 bridgehead atoms. The summed E-state index contributed by atoms with van der Waals surface area (Å²) in [6.45, 7) is -1.56. The van der Waals surface area contributed by atoms with E-state index in [-0.39, 0.29) is 12.8 Å². The standard InChI is InChI=1S/C32H32B2N4O7/c35-27(19-29(37)39)31(41)44-33(21-7-3-1-4-8-21)23-11-15-25(16-12-23)43-26-17-13-24(14-18-26)34(22-9-5-2-6-10-22)45-32(42)28(36)20-30(38)40/h1-18,27-28H,19-20,35-36H2,(H2,37,39)(H2,38,40). The van der Waals surface area contributed by atoms with Gasteiger partial charge >= 0.3 is 25.8 Å². The molecule has 0 fully saturated rings. The van der Waals surface area contributed by atoms with Crippen LogP contribution in [0.15, 0.2) is 109 Å². The van der Waals surface area contributed by atoms with Gasteiger partial charge in [-0.15, -0.1) is 0 Å². The predicted molar refractivity (Wildman–Crippen MR) is 172 cm³/mol. The average molecular weight is 606 g/mol. The van der Waals surface area contributed by atoms with Crippen LogP contribution in [0.2, 0.25) is 0 Å². The number of amides is 2. The summed E-state index contributed by atoms with van der Waals surface area (Å²) in [6.07, 6.45) is -0.660. The Morgan fingerprint density at radius 1 is 0.511 bits per heavy atom. The number of hydrogen-bond donors (Lipinski definition) is 4. The summed E-state index contributed by atoms with van der Waals surface area (Å²) in [4.78, 5) is 47.7. The van der Waals surface area contributed by atoms with Crippen LogP contribution in [0, 0.1) is 0 Å². The van der Waals surface area contributed by atoms with Crippen molar-refractivity contribution in [3.05, 3.63) is 109 Å². The predicted octanol–water partition coefficient (Wildman–Crippen LogP) is -0.818. The van der Waals surface area contributed by atoms with Gasteiger partial charge in [0, 0.05) is 0 Å². The Kier molecular flexibility index (Phi) is 11.1. The fourth-order valence-electron chi connectivity index (χ4n) is 4.48. The number of hydrogen-bond acceptors (Lipinski definition) is 9. The van der Waals surface area contributed by atoms with E-state index in [1.54, 1.807) is 48.5 Å². The molecule has 0 saturated carbocycles. The van der Waals surface area contributed by atoms with E-state index in [0.29, 0.717) is 33.4 Å². The Morgan fingerprint density at radius 2 is 0.822 bits per heavy atom. The second-order valence-corrected chi connectivity index (χ2v) is 10.2. The van der Waals surface area contributed by atoms with E-state index in [1.807, 2.05) is 60.7 Å². The molecule has 0 aliphatic rings. The third kappa shape index (κ3) is 9.30. The molecule has 13 heteroatoms. The number of nitrogens with two attached hydrogens (primary N) is 4. The molecule has 45 heavy (non-hydrogen) atoms. The fraction of sp³-hybridized carbons (Fsp3) is 0.125. The van der Waals surface area contributed by atoms with Crippen molar-refractivity contribution < 1.29 is 33.2 Å². The molecule has 0 heterocycles. The molecular formula is C32H32B2N4O7. The van der Waals surface area contributed by atoms with Crippen molar-refractivity contribution in [2.24, 2.45) is 22.9 Å². The molecule has 0 spiro atoms. The highest BCUT2D eigenvalue weighted by Gasteiger charge is 2.30. The molecule has 0 aliphatic heterocycles. The summed E-state index contributed by atoms with van der Waals surface area (Å²) in [6, 6.07) is 29.8. The van der Waals surface area contributed by atoms with Gasteiger partial charge in [-0.1, -0.05) is 84.9 Å². The van der Waals surface area contributed by atoms with Crippen LogP contribution >= 0.6 is 0 Å². The molecule has 0 saturated heterocycles. The molecule has 4 aromatic carbocycles. The van der Waals surface area contributed by atoms with E-state index in [1.165, 1.54) is 0 Å². The molecule has 2 unspecified atom stereocenters. The normalized spacial score (nSPS) is 11.9. The van der Waals surface area contributed by atoms with Crippen LogP contribution in [-0.4, -0.2) is 49.7 Å². The maximum absolute atomic E-state index is 12.6. The minimum Gasteiger partial charge on any atom is -0.525 e. The monoisotopic (exact) mass is 606 g/mol. The van der Waals surface area contributed by atoms with E-state index in [9.17, 15) is 19.2 Å². The summed E-state index contributed by atoms with van der Waals surface area (Å²) in [5.41, 5.74) is 24.7. The molecule has 11 nitrogen and oxygen atoms in total. The van der Waals surface area contributed by atoms with Gasteiger partial charge < -0.3 is 37.0 Å². The first-order valence-corrected chi connectivity index (χ1v) is 14.1. The van der Waals surface area contributed by atoms with E-state index in [4.69, 9.17) is 37.0 Å². The first kappa shape index (κ1) is 32.5. The lowest BCUT2D eigenvalue weighted by Gasteiger charge is -2.19. The van der Waals surface area contributed by atoms with E-state index < -0.39 is 49.7 Å². The second-order valence-electron chi connectivity index (χ2n) is 10.2. The van der Waals surface area contributed by atoms with Gasteiger partial charge in [0.2, 0.25) is 11.8 Å². The Labute approximate surface area is 261 Å². The largest absolute Gasteiger partial charge is 0.525 e. The van der Waals surface area contributed by atoms with E-state index in [2.05, 4.69) is 0 Å². The van der Waals surface area contributed by atoms with Crippen molar-refractivity contribution in [3.63, 3.8) is 0 Å². The summed E-state index contributed by atoms with van der Waals surface area (Å²) in [7, 11) is 0. The highest BCUT2D eigenvalue weighted by atomic mass is 16.5. The number of rotatable bonds is 14. The summed E-state index contributed by atoms with van der Waals surface area (Å²) in [5.74, 6) is -1.88. The molecule has 4 rings (SSSR count). The average Bonchev–Trinajstić information content (AvgIpc) is 3.03. The number of primary amides is 2. The lowest BCUT2D eigenvalue weighted by Crippen LogP contribution is -2.49. The first-order chi connectivity index (χ1) is 21.6. The Morgan fingerprint density at radius 3 is 1.13 bits per heavy atom. The minimum atomic E-state index is -1.18. The van der Waals surface area contributed by atoms with Crippen LogP contribution in [-0.2, 0) is 28.5 Å². The first-order valence-electron chi connectivity index (χ1n) is 14.1. The molecule has 0 aromatic heterocycles. The zero-order chi connectivity index (χ0) is 32.3. The molecule has 0 aliphatic carbocycles. The van der Waals surface area contributed by atoms with Crippen LogP contribution in [0.4, 0.5) is 0 Å². The van der Waals surface area contributed by atoms with E-state index >= 15 is 0 Å². The fourth-order valence-corrected chi connectivity index (χ4v) is 4.48. The SMILES string of the molecule is NC(=O)CC(N)C(=O)OB(c1ccccc1)c1ccc(Oc2ccc(B(OC(=O)C(N)CC(N)=O)c3ccccc3)cc2)cc1. The Balaban J connectivity index is 1.49. The van der Waals surface area contributed by atoms with Gasteiger partial charge in [0.1, 0.15) is 23.6 Å². The van der Waals surface area contributed by atoms with E-state index in [0.717, 1.165) is 0 Å². The minimum absolute atomic E-state index is 0.330. The molecule has 4 aromatic rings. The van der Waals surface area contributed by atoms with Crippen LogP contribution in [0.1, 0.15) is 12.8 Å². The van der Waals surface area contributed by atoms with Crippen LogP contribution in [0.3, 0.4) is 0 Å². The number of ether oxygens (including phenoxy) is 1. The highest BCUT2D eigenvalue weighted by molar-refractivity contribution is 6.81. The van der Waals surface area contributed by atoms with Crippen LogP contribution in [0.5, 0.6) is 11.5 Å². The number of benzene rings is 4. The maximum Gasteiger partial charge on any atom is 0.429 e. The van der Waals surface area contributed by atoms with Gasteiger partial charge in [-0.3, -0.25) is 19.2 Å². The van der Waals surface area contributed by atoms with Gasteiger partial charge in [0.15, 0.2) is 0 Å². The summed E-state index contributed by atoms with van der Waals surface area (Å²) < 4.78 is 17.4. The lowest BCUT2D eigenvalue weighted by molar-refractivity contribution is -0.138. The maximum atomic E-state index is 12.6. The molecule has 2 atom stereocenters. The van der Waals surface area contributed by atoms with Crippen molar-refractivity contribution in [1.82, 2.24) is 0 Å². The molecular weight excluding hydrogens is 574 g/mol. The molecule has 0 radical (unpaired) electrons. The van der Waals surface area contributed by atoms with Crippen LogP contribution < -0.4 is 49.5 Å². The lowest BCUT2D eigenvalue weighted by atomic mass is 9.55. The van der Waals surface area contributed by atoms with Crippen molar-refractivity contribution in [1.29, 1.82) is 0 Å². The van der Waals surface area contributed by atoms with Crippen molar-refractivity contribution >= 4 is 59.4 Å². The van der Waals surface area contributed by atoms with Gasteiger partial charge in [0.25, 0.3) is 0 Å². The van der Waals surface area contributed by atoms with Crippen molar-refractivity contribution in [2.75, 3.05) is 0 Å². The van der Waals surface area contributed by atoms with Gasteiger partial charge in [-0.05, 0) is 46.1 Å². The molecule has 2 amide bonds. The van der Waals surface area contributed by atoms with Gasteiger partial charge in [-0.25, -0.2) is 0 Å². The number of carbonyl (C=O) groups excluding carboxylic acids is 4. The van der Waals surface area contributed by atoms with Crippen molar-refractivity contribution in [2.45, 2.75) is 24.9 Å². The third-order valence-corrected chi connectivity index (χ3v) is 6.72. The topological polar surface area (TPSA) is 200 Å². The zero-order valence-electron chi connectivity index (χ0n) is 24.3. The smallest absolute Gasteiger partial charge is 0.429 e. The van der Waals surface area contributed by atoms with Crippen LogP contribution in [0.25, 0.3) is 0 Å². The molecule has 8 N–H and O–H groups in total. The molecule has 228 valence electrons. The van der Waals surface area contributed by atoms with Gasteiger partial charge in [-0.2, -0.15) is 0 Å². The zero-order valence-corrected chi connectivity index (χ0v) is 24.3. The third-order valence-electron chi connectivity index (χ3n) is 6.72.